The summed E-state index contributed by atoms with van der Waals surface area (Å²) in [5.41, 5.74) is 3.57. The number of aromatic nitrogens is 2. The average Bonchev–Trinajstić information content (AvgIpc) is 2.87. The van der Waals surface area contributed by atoms with Gasteiger partial charge in [0.1, 0.15) is 5.65 Å². The standard InChI is InChI=1S/C14H19N3/c1-11-5-3-8-17-10-12(15-14(11)17)9-13-6-4-7-16(13)2/h3,5,8,10,13H,4,6-7,9H2,1-2H3. The molecule has 17 heavy (non-hydrogen) atoms. The predicted molar refractivity (Wildman–Crippen MR) is 69.3 cm³/mol. The molecule has 0 bridgehead atoms. The van der Waals surface area contributed by atoms with Crippen LogP contribution < -0.4 is 0 Å². The first-order chi connectivity index (χ1) is 8.24. The molecule has 3 rings (SSSR count). The highest BCUT2D eigenvalue weighted by Crippen LogP contribution is 2.19. The number of likely N-dealkylation sites (tertiary alicyclic amines) is 1. The van der Waals surface area contributed by atoms with Gasteiger partial charge in [-0.3, -0.25) is 0 Å². The largest absolute Gasteiger partial charge is 0.307 e. The van der Waals surface area contributed by atoms with Crippen LogP contribution in [0, 0.1) is 6.92 Å². The molecule has 2 aromatic rings. The van der Waals surface area contributed by atoms with Crippen LogP contribution in [0.15, 0.2) is 24.5 Å². The topological polar surface area (TPSA) is 20.5 Å². The van der Waals surface area contributed by atoms with Gasteiger partial charge >= 0.3 is 0 Å². The number of hydrogen-bond acceptors (Lipinski definition) is 2. The van der Waals surface area contributed by atoms with Crippen molar-refractivity contribution in [3.63, 3.8) is 0 Å². The summed E-state index contributed by atoms with van der Waals surface area (Å²) < 4.78 is 2.14. The van der Waals surface area contributed by atoms with Crippen molar-refractivity contribution in [1.82, 2.24) is 14.3 Å². The summed E-state index contributed by atoms with van der Waals surface area (Å²) in [6, 6.07) is 4.88. The third kappa shape index (κ3) is 1.95. The van der Waals surface area contributed by atoms with Crippen molar-refractivity contribution in [2.45, 2.75) is 32.2 Å². The monoisotopic (exact) mass is 229 g/mol. The van der Waals surface area contributed by atoms with E-state index in [1.54, 1.807) is 0 Å². The van der Waals surface area contributed by atoms with Gasteiger partial charge in [-0.1, -0.05) is 6.07 Å². The molecule has 0 aromatic carbocycles. The van der Waals surface area contributed by atoms with Crippen LogP contribution in [-0.4, -0.2) is 33.9 Å². The molecule has 1 saturated heterocycles. The molecule has 1 aliphatic rings. The highest BCUT2D eigenvalue weighted by molar-refractivity contribution is 5.47. The minimum atomic E-state index is 0.681. The van der Waals surface area contributed by atoms with E-state index in [-0.39, 0.29) is 0 Å². The normalized spacial score (nSPS) is 21.4. The number of nitrogens with zero attached hydrogens (tertiary/aromatic N) is 3. The number of aryl methyl sites for hydroxylation is 1. The van der Waals surface area contributed by atoms with E-state index in [0.29, 0.717) is 6.04 Å². The molecule has 3 heterocycles. The first-order valence-corrected chi connectivity index (χ1v) is 6.37. The van der Waals surface area contributed by atoms with Gasteiger partial charge in [-0.15, -0.1) is 0 Å². The maximum absolute atomic E-state index is 4.75. The molecular formula is C14H19N3. The third-order valence-electron chi connectivity index (χ3n) is 3.84. The van der Waals surface area contributed by atoms with Crippen molar-refractivity contribution in [3.8, 4) is 0 Å². The van der Waals surface area contributed by atoms with E-state index in [9.17, 15) is 0 Å². The number of likely N-dealkylation sites (N-methyl/N-ethyl adjacent to an activating group) is 1. The predicted octanol–water partition coefficient (Wildman–Crippen LogP) is 2.28. The summed E-state index contributed by atoms with van der Waals surface area (Å²) in [6.07, 6.45) is 7.97. The second-order valence-electron chi connectivity index (χ2n) is 5.14. The molecule has 0 radical (unpaired) electrons. The molecule has 90 valence electrons. The lowest BCUT2D eigenvalue weighted by Gasteiger charge is -2.17. The molecule has 0 spiro atoms. The van der Waals surface area contributed by atoms with Crippen molar-refractivity contribution < 1.29 is 0 Å². The van der Waals surface area contributed by atoms with Gasteiger partial charge in [0.2, 0.25) is 0 Å². The average molecular weight is 229 g/mol. The summed E-state index contributed by atoms with van der Waals surface area (Å²) in [5, 5.41) is 0. The van der Waals surface area contributed by atoms with Crippen molar-refractivity contribution in [2.24, 2.45) is 0 Å². The number of fused-ring (bicyclic) bond motifs is 1. The molecular weight excluding hydrogens is 210 g/mol. The maximum Gasteiger partial charge on any atom is 0.139 e. The van der Waals surface area contributed by atoms with Crippen molar-refractivity contribution in [1.29, 1.82) is 0 Å². The first kappa shape index (κ1) is 10.8. The molecule has 0 aliphatic carbocycles. The van der Waals surface area contributed by atoms with Gasteiger partial charge in [0.15, 0.2) is 0 Å². The Labute approximate surface area is 102 Å². The fourth-order valence-electron chi connectivity index (χ4n) is 2.78. The van der Waals surface area contributed by atoms with E-state index in [1.165, 1.54) is 30.6 Å². The van der Waals surface area contributed by atoms with Gasteiger partial charge in [-0.05, 0) is 45.0 Å². The second kappa shape index (κ2) is 4.15. The summed E-state index contributed by atoms with van der Waals surface area (Å²) in [7, 11) is 2.22. The summed E-state index contributed by atoms with van der Waals surface area (Å²) >= 11 is 0. The van der Waals surface area contributed by atoms with Crippen LogP contribution in [-0.2, 0) is 6.42 Å². The van der Waals surface area contributed by atoms with Gasteiger partial charge in [-0.2, -0.15) is 0 Å². The van der Waals surface area contributed by atoms with Gasteiger partial charge < -0.3 is 9.30 Å². The second-order valence-corrected chi connectivity index (χ2v) is 5.14. The SMILES string of the molecule is Cc1cccn2cc(CC3CCCN3C)nc12. The summed E-state index contributed by atoms with van der Waals surface area (Å²) in [5.74, 6) is 0. The Balaban J connectivity index is 1.88. The van der Waals surface area contributed by atoms with E-state index in [4.69, 9.17) is 4.98 Å². The van der Waals surface area contributed by atoms with E-state index < -0.39 is 0 Å². The molecule has 0 saturated carbocycles. The summed E-state index contributed by atoms with van der Waals surface area (Å²) in [6.45, 7) is 3.35. The van der Waals surface area contributed by atoms with Crippen molar-refractivity contribution >= 4 is 5.65 Å². The minimum absolute atomic E-state index is 0.681. The molecule has 1 fully saturated rings. The Kier molecular flexibility index (Phi) is 2.63. The maximum atomic E-state index is 4.75. The summed E-state index contributed by atoms with van der Waals surface area (Å²) in [4.78, 5) is 7.20. The Morgan fingerprint density at radius 1 is 1.47 bits per heavy atom. The first-order valence-electron chi connectivity index (χ1n) is 6.37. The molecule has 1 aliphatic heterocycles. The highest BCUT2D eigenvalue weighted by Gasteiger charge is 2.21. The van der Waals surface area contributed by atoms with E-state index in [2.05, 4.69) is 47.8 Å². The zero-order valence-corrected chi connectivity index (χ0v) is 10.6. The number of imidazole rings is 1. The van der Waals surface area contributed by atoms with E-state index in [1.807, 2.05) is 0 Å². The fraction of sp³-hybridized carbons (Fsp3) is 0.500. The Bertz CT molecular complexity index is 529. The number of pyridine rings is 1. The smallest absolute Gasteiger partial charge is 0.139 e. The van der Waals surface area contributed by atoms with Crippen molar-refractivity contribution in [2.75, 3.05) is 13.6 Å². The lowest BCUT2D eigenvalue weighted by molar-refractivity contribution is 0.308. The van der Waals surface area contributed by atoms with Crippen LogP contribution in [0.2, 0.25) is 0 Å². The lowest BCUT2D eigenvalue weighted by atomic mass is 10.1. The third-order valence-corrected chi connectivity index (χ3v) is 3.84. The molecule has 0 amide bonds. The Morgan fingerprint density at radius 3 is 3.06 bits per heavy atom. The Hall–Kier alpha value is -1.35. The van der Waals surface area contributed by atoms with Crippen LogP contribution in [0.1, 0.15) is 24.1 Å². The van der Waals surface area contributed by atoms with Gasteiger partial charge in [0.05, 0.1) is 5.69 Å². The van der Waals surface area contributed by atoms with Crippen LogP contribution >= 0.6 is 0 Å². The molecule has 3 nitrogen and oxygen atoms in total. The molecule has 2 aromatic heterocycles. The van der Waals surface area contributed by atoms with E-state index >= 15 is 0 Å². The zero-order valence-electron chi connectivity index (χ0n) is 10.6. The van der Waals surface area contributed by atoms with Gasteiger partial charge in [-0.25, -0.2) is 4.98 Å². The minimum Gasteiger partial charge on any atom is -0.307 e. The zero-order chi connectivity index (χ0) is 11.8. The van der Waals surface area contributed by atoms with Crippen LogP contribution in [0.4, 0.5) is 0 Å². The van der Waals surface area contributed by atoms with E-state index in [0.717, 1.165) is 12.1 Å². The Morgan fingerprint density at radius 2 is 2.35 bits per heavy atom. The number of hydrogen-bond donors (Lipinski definition) is 0. The van der Waals surface area contributed by atoms with Crippen LogP contribution in [0.5, 0.6) is 0 Å². The molecule has 1 unspecified atom stereocenters. The molecule has 1 atom stereocenters. The van der Waals surface area contributed by atoms with Gasteiger partial charge in [0, 0.05) is 24.9 Å². The van der Waals surface area contributed by atoms with Crippen molar-refractivity contribution in [3.05, 3.63) is 35.8 Å². The molecule has 3 heteroatoms. The van der Waals surface area contributed by atoms with Crippen LogP contribution in [0.25, 0.3) is 5.65 Å². The number of rotatable bonds is 2. The van der Waals surface area contributed by atoms with Crippen LogP contribution in [0.3, 0.4) is 0 Å². The quantitative estimate of drug-likeness (QED) is 0.787. The molecule has 0 N–H and O–H groups in total. The lowest BCUT2D eigenvalue weighted by Crippen LogP contribution is -2.26. The van der Waals surface area contributed by atoms with Gasteiger partial charge in [0.25, 0.3) is 0 Å². The fourth-order valence-corrected chi connectivity index (χ4v) is 2.78. The highest BCUT2D eigenvalue weighted by atomic mass is 15.1.